The van der Waals surface area contributed by atoms with E-state index in [0.29, 0.717) is 29.6 Å². The molecule has 0 spiro atoms. The average Bonchev–Trinajstić information content (AvgIpc) is 3.37. The molecule has 1 fully saturated rings. The van der Waals surface area contributed by atoms with Gasteiger partial charge in [0.05, 0.1) is 16.7 Å². The van der Waals surface area contributed by atoms with E-state index >= 15 is 0 Å². The number of nitro groups is 1. The zero-order valence-corrected chi connectivity index (χ0v) is 16.8. The van der Waals surface area contributed by atoms with Gasteiger partial charge in [0.1, 0.15) is 17.6 Å². The largest absolute Gasteiger partial charge is 0.459 e. The first-order valence-electron chi connectivity index (χ1n) is 9.52. The van der Waals surface area contributed by atoms with Crippen molar-refractivity contribution in [3.63, 3.8) is 0 Å². The summed E-state index contributed by atoms with van der Waals surface area (Å²) in [4.78, 5) is 16.9. The number of pyridine rings is 1. The van der Waals surface area contributed by atoms with Gasteiger partial charge in [0.2, 0.25) is 0 Å². The molecule has 3 aromatic rings. The summed E-state index contributed by atoms with van der Waals surface area (Å²) in [6.07, 6.45) is 2.31. The van der Waals surface area contributed by atoms with Gasteiger partial charge >= 0.3 is 0 Å². The minimum atomic E-state index is -0.432. The third kappa shape index (κ3) is 3.89. The predicted molar refractivity (Wildman–Crippen MR) is 115 cm³/mol. The highest BCUT2D eigenvalue weighted by molar-refractivity contribution is 7.80. The number of furan rings is 1. The predicted octanol–water partition coefficient (Wildman–Crippen LogP) is 3.60. The van der Waals surface area contributed by atoms with Crippen molar-refractivity contribution in [1.82, 2.24) is 15.2 Å². The molecule has 30 heavy (non-hydrogen) atoms. The Morgan fingerprint density at radius 2 is 2.00 bits per heavy atom. The molecular weight excluding hydrogens is 404 g/mol. The molecule has 1 saturated heterocycles. The summed E-state index contributed by atoms with van der Waals surface area (Å²) >= 11 is 5.55. The number of nitrogens with one attached hydrogen (secondary N) is 1. The van der Waals surface area contributed by atoms with Crippen molar-refractivity contribution < 1.29 is 14.4 Å². The van der Waals surface area contributed by atoms with Crippen LogP contribution in [0.25, 0.3) is 11.3 Å². The number of thiocarbonyl (C=S) groups is 1. The lowest BCUT2D eigenvalue weighted by Crippen LogP contribution is -2.30. The molecule has 2 atom stereocenters. The van der Waals surface area contributed by atoms with Gasteiger partial charge in [-0.25, -0.2) is 0 Å². The van der Waals surface area contributed by atoms with Crippen LogP contribution in [0.2, 0.25) is 0 Å². The van der Waals surface area contributed by atoms with E-state index in [4.69, 9.17) is 16.6 Å². The van der Waals surface area contributed by atoms with E-state index in [-0.39, 0.29) is 24.4 Å². The van der Waals surface area contributed by atoms with E-state index in [1.165, 1.54) is 12.1 Å². The zero-order chi connectivity index (χ0) is 21.1. The third-order valence-corrected chi connectivity index (χ3v) is 5.39. The lowest BCUT2D eigenvalue weighted by Gasteiger charge is -2.25. The highest BCUT2D eigenvalue weighted by atomic mass is 32.1. The van der Waals surface area contributed by atoms with Crippen molar-refractivity contribution in [2.75, 3.05) is 13.2 Å². The van der Waals surface area contributed by atoms with E-state index < -0.39 is 4.92 Å². The summed E-state index contributed by atoms with van der Waals surface area (Å²) in [5.74, 6) is 1.31. The van der Waals surface area contributed by atoms with Crippen LogP contribution in [-0.2, 0) is 0 Å². The van der Waals surface area contributed by atoms with Crippen molar-refractivity contribution in [1.29, 1.82) is 0 Å². The van der Waals surface area contributed by atoms with Gasteiger partial charge in [-0.1, -0.05) is 6.07 Å². The standard InChI is InChI=1S/C21H20N4O4S/c26-13-3-12-24-20(19(23-21(24)30)16-4-1-2-11-22-16)18-10-9-17(29-18)14-5-7-15(8-6-14)25(27)28/h1-2,4-11,19-20,26H,3,12-13H2,(H,23,30)/t19-,20+/m1/s1. The van der Waals surface area contributed by atoms with Gasteiger partial charge < -0.3 is 19.7 Å². The highest BCUT2D eigenvalue weighted by Crippen LogP contribution is 2.40. The monoisotopic (exact) mass is 424 g/mol. The molecule has 0 bridgehead atoms. The fourth-order valence-corrected chi connectivity index (χ4v) is 3.94. The Kier molecular flexibility index (Phi) is 5.73. The molecule has 0 unspecified atom stereocenters. The van der Waals surface area contributed by atoms with E-state index in [9.17, 15) is 15.2 Å². The van der Waals surface area contributed by atoms with Gasteiger partial charge in [0.25, 0.3) is 5.69 Å². The number of non-ortho nitro benzene ring substituents is 1. The van der Waals surface area contributed by atoms with E-state index in [1.807, 2.05) is 35.2 Å². The fourth-order valence-electron chi connectivity index (χ4n) is 3.61. The Hall–Kier alpha value is -3.30. The first-order valence-corrected chi connectivity index (χ1v) is 9.93. The van der Waals surface area contributed by atoms with Crippen LogP contribution < -0.4 is 5.32 Å². The van der Waals surface area contributed by atoms with Crippen molar-refractivity contribution in [2.24, 2.45) is 0 Å². The number of hydrogen-bond donors (Lipinski definition) is 2. The number of aromatic nitrogens is 1. The summed E-state index contributed by atoms with van der Waals surface area (Å²) in [6, 6.07) is 15.2. The molecule has 0 amide bonds. The van der Waals surface area contributed by atoms with Gasteiger partial charge in [0.15, 0.2) is 5.11 Å². The minimum absolute atomic E-state index is 0.0289. The Morgan fingerprint density at radius 1 is 1.20 bits per heavy atom. The van der Waals surface area contributed by atoms with E-state index in [1.54, 1.807) is 18.3 Å². The number of benzene rings is 1. The first-order chi connectivity index (χ1) is 14.6. The summed E-state index contributed by atoms with van der Waals surface area (Å²) < 4.78 is 6.16. The van der Waals surface area contributed by atoms with Crippen LogP contribution in [0.5, 0.6) is 0 Å². The van der Waals surface area contributed by atoms with Crippen LogP contribution in [-0.4, -0.2) is 38.2 Å². The van der Waals surface area contributed by atoms with Gasteiger partial charge in [0, 0.05) is 37.0 Å². The van der Waals surface area contributed by atoms with Crippen LogP contribution in [0.1, 0.15) is 30.0 Å². The quantitative estimate of drug-likeness (QED) is 0.337. The van der Waals surface area contributed by atoms with Crippen molar-refractivity contribution >= 4 is 23.0 Å². The van der Waals surface area contributed by atoms with Gasteiger partial charge in [-0.3, -0.25) is 15.1 Å². The van der Waals surface area contributed by atoms with Gasteiger partial charge in [-0.15, -0.1) is 0 Å². The molecule has 0 saturated carbocycles. The smallest absolute Gasteiger partial charge is 0.269 e. The minimum Gasteiger partial charge on any atom is -0.459 e. The maximum Gasteiger partial charge on any atom is 0.269 e. The molecule has 0 radical (unpaired) electrons. The maximum atomic E-state index is 10.9. The molecule has 1 aliphatic heterocycles. The van der Waals surface area contributed by atoms with Crippen LogP contribution in [0.4, 0.5) is 5.69 Å². The van der Waals surface area contributed by atoms with E-state index in [0.717, 1.165) is 11.3 Å². The normalized spacial score (nSPS) is 18.4. The van der Waals surface area contributed by atoms with Crippen molar-refractivity contribution in [2.45, 2.75) is 18.5 Å². The molecule has 1 aromatic carbocycles. The van der Waals surface area contributed by atoms with Gasteiger partial charge in [-0.2, -0.15) is 0 Å². The Balaban J connectivity index is 1.67. The molecule has 154 valence electrons. The lowest BCUT2D eigenvalue weighted by molar-refractivity contribution is -0.384. The van der Waals surface area contributed by atoms with E-state index in [2.05, 4.69) is 10.3 Å². The van der Waals surface area contributed by atoms with Crippen LogP contribution in [0.15, 0.2) is 65.2 Å². The van der Waals surface area contributed by atoms with Crippen LogP contribution in [0.3, 0.4) is 0 Å². The molecule has 4 rings (SSSR count). The second-order valence-electron chi connectivity index (χ2n) is 6.90. The number of hydrogen-bond acceptors (Lipinski definition) is 6. The second kappa shape index (κ2) is 8.60. The topological polar surface area (TPSA) is 105 Å². The average molecular weight is 424 g/mol. The highest BCUT2D eigenvalue weighted by Gasteiger charge is 2.41. The number of nitro benzene ring substituents is 1. The second-order valence-corrected chi connectivity index (χ2v) is 7.29. The third-order valence-electron chi connectivity index (χ3n) is 5.04. The molecule has 0 aliphatic carbocycles. The first kappa shape index (κ1) is 20.0. The fraction of sp³-hybridized carbons (Fsp3) is 0.238. The molecule has 9 heteroatoms. The molecule has 3 heterocycles. The number of aliphatic hydroxyl groups is 1. The molecule has 1 aliphatic rings. The lowest BCUT2D eigenvalue weighted by atomic mass is 10.0. The Bertz CT molecular complexity index is 1040. The zero-order valence-electron chi connectivity index (χ0n) is 16.0. The molecule has 8 nitrogen and oxygen atoms in total. The summed E-state index contributed by atoms with van der Waals surface area (Å²) in [7, 11) is 0. The number of aliphatic hydroxyl groups excluding tert-OH is 1. The molecular formula is C21H20N4O4S. The van der Waals surface area contributed by atoms with Crippen LogP contribution in [0, 0.1) is 10.1 Å². The Labute approximate surface area is 178 Å². The summed E-state index contributed by atoms with van der Waals surface area (Å²) in [5, 5.41) is 24.1. The maximum absolute atomic E-state index is 10.9. The molecule has 2 aromatic heterocycles. The summed E-state index contributed by atoms with van der Waals surface area (Å²) in [6.45, 7) is 0.635. The SMILES string of the molecule is O=[N+]([O-])c1ccc(-c2ccc([C@H]3[C@@H](c4ccccn4)NC(=S)N3CCCO)o2)cc1. The number of rotatable bonds is 7. The van der Waals surface area contributed by atoms with Crippen LogP contribution >= 0.6 is 12.2 Å². The van der Waals surface area contributed by atoms with Gasteiger partial charge in [-0.05, 0) is 55.0 Å². The summed E-state index contributed by atoms with van der Waals surface area (Å²) in [5.41, 5.74) is 1.61. The van der Waals surface area contributed by atoms with Crippen molar-refractivity contribution in [3.05, 3.63) is 82.4 Å². The van der Waals surface area contributed by atoms with Crippen molar-refractivity contribution in [3.8, 4) is 11.3 Å². The molecule has 2 N–H and O–H groups in total. The Morgan fingerprint density at radius 3 is 2.67 bits per heavy atom. The number of nitrogens with zero attached hydrogens (tertiary/aromatic N) is 3.